The van der Waals surface area contributed by atoms with Gasteiger partial charge in [-0.3, -0.25) is 9.36 Å². The molecule has 0 heterocycles. The van der Waals surface area contributed by atoms with Crippen LogP contribution in [0.1, 0.15) is 32.8 Å². The van der Waals surface area contributed by atoms with Crippen LogP contribution in [0.5, 0.6) is 0 Å². The molecule has 1 aliphatic carbocycles. The van der Waals surface area contributed by atoms with Gasteiger partial charge in [0.2, 0.25) is 0 Å². The van der Waals surface area contributed by atoms with E-state index >= 15 is 0 Å². The molecule has 3 atom stereocenters. The molecule has 0 radical (unpaired) electrons. The molecule has 1 amide bonds. The number of carbonyl (C=O) groups is 1. The smallest absolute Gasteiger partial charge is 0.356 e. The minimum atomic E-state index is -5.06. The van der Waals surface area contributed by atoms with Crippen molar-refractivity contribution >= 4 is 13.5 Å². The van der Waals surface area contributed by atoms with E-state index in [1.807, 2.05) is 0 Å². The summed E-state index contributed by atoms with van der Waals surface area (Å²) in [6.07, 6.45) is -4.89. The third kappa shape index (κ3) is 3.61. The molecule has 1 saturated carbocycles. The number of carbonyl (C=O) groups excluding carboxylic acids is 1. The van der Waals surface area contributed by atoms with Crippen LogP contribution in [0.4, 0.5) is 13.2 Å². The average molecular weight is 423 g/mol. The second-order valence-electron chi connectivity index (χ2n) is 6.57. The zero-order valence-corrected chi connectivity index (χ0v) is 17.1. The van der Waals surface area contributed by atoms with Crippen LogP contribution in [-0.4, -0.2) is 37.7 Å². The van der Waals surface area contributed by atoms with Crippen molar-refractivity contribution in [2.45, 2.75) is 44.2 Å². The van der Waals surface area contributed by atoms with Crippen LogP contribution >= 0.6 is 7.60 Å². The average Bonchev–Trinajstić information content (AvgIpc) is 3.27. The number of methoxy groups -OCH3 is 1. The number of amides is 1. The highest BCUT2D eigenvalue weighted by Crippen LogP contribution is 2.72. The van der Waals surface area contributed by atoms with Gasteiger partial charge in [0.1, 0.15) is 5.28 Å². The van der Waals surface area contributed by atoms with Crippen molar-refractivity contribution in [3.05, 3.63) is 35.9 Å². The minimum absolute atomic E-state index is 0.0228. The van der Waals surface area contributed by atoms with Crippen LogP contribution in [0.3, 0.4) is 0 Å². The molecular weight excluding hydrogens is 398 g/mol. The molecule has 2 rings (SSSR count). The van der Waals surface area contributed by atoms with Crippen LogP contribution in [0.2, 0.25) is 0 Å². The van der Waals surface area contributed by atoms with E-state index in [4.69, 9.17) is 13.8 Å². The van der Waals surface area contributed by atoms with E-state index in [0.29, 0.717) is 0 Å². The fraction of sp³-hybridized carbons (Fsp3) is 0.611. The van der Waals surface area contributed by atoms with Gasteiger partial charge in [-0.25, -0.2) is 0 Å². The topological polar surface area (TPSA) is 73.9 Å². The molecule has 0 bridgehead atoms. The maximum Gasteiger partial charge on any atom is 0.430 e. The highest BCUT2D eigenvalue weighted by Gasteiger charge is 2.71. The van der Waals surface area contributed by atoms with Gasteiger partial charge in [0, 0.05) is 12.7 Å². The van der Waals surface area contributed by atoms with Gasteiger partial charge in [0.25, 0.3) is 11.5 Å². The van der Waals surface area contributed by atoms with Crippen molar-refractivity contribution in [3.8, 4) is 0 Å². The molecule has 0 spiro atoms. The molecule has 0 aliphatic heterocycles. The van der Waals surface area contributed by atoms with Crippen molar-refractivity contribution in [1.82, 2.24) is 5.32 Å². The summed E-state index contributed by atoms with van der Waals surface area (Å²) >= 11 is 0. The fourth-order valence-electron chi connectivity index (χ4n) is 3.35. The third-order valence-corrected chi connectivity index (χ3v) is 7.80. The number of nitrogens with one attached hydrogen (secondary N) is 1. The van der Waals surface area contributed by atoms with Gasteiger partial charge in [-0.1, -0.05) is 37.3 Å². The van der Waals surface area contributed by atoms with Crippen molar-refractivity contribution < 1.29 is 36.3 Å². The monoisotopic (exact) mass is 423 g/mol. The Morgan fingerprint density at radius 1 is 1.21 bits per heavy atom. The Morgan fingerprint density at radius 2 is 1.71 bits per heavy atom. The predicted molar refractivity (Wildman–Crippen MR) is 96.7 cm³/mol. The quantitative estimate of drug-likeness (QED) is 0.603. The molecule has 1 aromatic rings. The van der Waals surface area contributed by atoms with Crippen LogP contribution in [0, 0.1) is 5.92 Å². The van der Waals surface area contributed by atoms with E-state index in [0.717, 1.165) is 19.2 Å². The number of benzene rings is 1. The van der Waals surface area contributed by atoms with Gasteiger partial charge in [-0.2, -0.15) is 13.2 Å². The van der Waals surface area contributed by atoms with Gasteiger partial charge in [0.05, 0.1) is 13.2 Å². The summed E-state index contributed by atoms with van der Waals surface area (Å²) in [5.74, 6) is -1.85. The van der Waals surface area contributed by atoms with Gasteiger partial charge in [-0.15, -0.1) is 0 Å². The maximum absolute atomic E-state index is 14.1. The largest absolute Gasteiger partial charge is 0.430 e. The number of alkyl halides is 3. The van der Waals surface area contributed by atoms with Crippen LogP contribution in [-0.2, 0) is 28.7 Å². The van der Waals surface area contributed by atoms with E-state index in [1.54, 1.807) is 20.8 Å². The lowest BCUT2D eigenvalue weighted by Crippen LogP contribution is -2.58. The van der Waals surface area contributed by atoms with Crippen LogP contribution in [0.25, 0.3) is 0 Å². The van der Waals surface area contributed by atoms with E-state index < -0.39 is 30.6 Å². The summed E-state index contributed by atoms with van der Waals surface area (Å²) in [6, 6.07) is 6.60. The Hall–Kier alpha value is -1.41. The SMILES string of the molecule is CCOP(=O)(OCC)[C@@]1(NC(=O)[C@@](OC)(c2ccccc2)C(F)(F)F)C[C@@H]1C. The minimum Gasteiger partial charge on any atom is -0.356 e. The van der Waals surface area contributed by atoms with Gasteiger partial charge in [-0.05, 0) is 26.2 Å². The Kier molecular flexibility index (Phi) is 6.65. The second kappa shape index (κ2) is 8.14. The number of hydrogen-bond acceptors (Lipinski definition) is 5. The van der Waals surface area contributed by atoms with Gasteiger partial charge in [0.15, 0.2) is 0 Å². The summed E-state index contributed by atoms with van der Waals surface area (Å²) in [5.41, 5.74) is -3.64. The Morgan fingerprint density at radius 3 is 2.07 bits per heavy atom. The van der Waals surface area contributed by atoms with Gasteiger partial charge < -0.3 is 19.1 Å². The lowest BCUT2D eigenvalue weighted by molar-refractivity contribution is -0.266. The zero-order valence-electron chi connectivity index (χ0n) is 16.2. The number of ether oxygens (including phenoxy) is 1. The molecule has 0 saturated heterocycles. The number of halogens is 3. The molecule has 1 fully saturated rings. The van der Waals surface area contributed by atoms with Crippen molar-refractivity contribution in [2.24, 2.45) is 5.92 Å². The molecule has 1 N–H and O–H groups in total. The van der Waals surface area contributed by atoms with E-state index in [9.17, 15) is 22.5 Å². The Labute approximate surface area is 162 Å². The Bertz CT molecular complexity index is 734. The molecule has 1 aromatic carbocycles. The summed E-state index contributed by atoms with van der Waals surface area (Å²) < 4.78 is 70.9. The summed E-state index contributed by atoms with van der Waals surface area (Å²) in [7, 11) is -3.09. The first-order valence-electron chi connectivity index (χ1n) is 8.93. The highest BCUT2D eigenvalue weighted by atomic mass is 31.2. The molecule has 0 aromatic heterocycles. The van der Waals surface area contributed by atoms with Crippen LogP contribution < -0.4 is 5.32 Å². The number of rotatable bonds is 9. The summed E-state index contributed by atoms with van der Waals surface area (Å²) in [6.45, 7) is 4.89. The summed E-state index contributed by atoms with van der Waals surface area (Å²) in [5, 5.41) is 0.799. The molecule has 28 heavy (non-hydrogen) atoms. The zero-order chi connectivity index (χ0) is 21.2. The third-order valence-electron chi connectivity index (χ3n) is 4.89. The summed E-state index contributed by atoms with van der Waals surface area (Å²) in [4.78, 5) is 13.0. The standard InChI is InChI=1S/C18H25F3NO5P/c1-5-26-28(24,27-6-2)16(12-13(16)3)22-15(23)17(25-4,18(19,20)21)14-10-8-7-9-11-14/h7-11,13H,5-6,12H2,1-4H3,(H,22,23)/t13-,16-,17-/m0/s1. The lowest BCUT2D eigenvalue weighted by Gasteiger charge is -2.36. The lowest BCUT2D eigenvalue weighted by atomic mass is 9.91. The van der Waals surface area contributed by atoms with E-state index in [2.05, 4.69) is 5.32 Å². The van der Waals surface area contributed by atoms with Crippen molar-refractivity contribution in [1.29, 1.82) is 0 Å². The normalized spacial score (nSPS) is 24.5. The first kappa shape index (κ1) is 22.9. The molecule has 158 valence electrons. The van der Waals surface area contributed by atoms with Crippen molar-refractivity contribution in [3.63, 3.8) is 0 Å². The maximum atomic E-state index is 14.1. The molecular formula is C18H25F3NO5P. The van der Waals surface area contributed by atoms with Crippen molar-refractivity contribution in [2.75, 3.05) is 20.3 Å². The highest BCUT2D eigenvalue weighted by molar-refractivity contribution is 7.56. The fourth-order valence-corrected chi connectivity index (χ4v) is 5.84. The molecule has 6 nitrogen and oxygen atoms in total. The molecule has 1 aliphatic rings. The van der Waals surface area contributed by atoms with Crippen LogP contribution in [0.15, 0.2) is 30.3 Å². The molecule has 0 unspecified atom stereocenters. The van der Waals surface area contributed by atoms with E-state index in [-0.39, 0.29) is 31.1 Å². The molecule has 10 heteroatoms. The predicted octanol–water partition coefficient (Wildman–Crippen LogP) is 4.21. The van der Waals surface area contributed by atoms with E-state index in [1.165, 1.54) is 18.2 Å². The second-order valence-corrected chi connectivity index (χ2v) is 8.88. The Balaban J connectivity index is 2.50. The first-order chi connectivity index (χ1) is 13.0. The number of hydrogen-bond donors (Lipinski definition) is 1. The van der Waals surface area contributed by atoms with Gasteiger partial charge >= 0.3 is 13.8 Å². The first-order valence-corrected chi connectivity index (χ1v) is 10.5.